The number of likely N-dealkylation sites (N-methyl/N-ethyl adjacent to an activating group) is 1. The Morgan fingerprint density at radius 1 is 1.38 bits per heavy atom. The molecule has 0 bridgehead atoms. The van der Waals surface area contributed by atoms with Crippen molar-refractivity contribution in [1.82, 2.24) is 5.32 Å². The molecule has 3 heteroatoms. The smallest absolute Gasteiger partial charge is 0.123 e. The fourth-order valence-electron chi connectivity index (χ4n) is 1.95. The zero-order valence-electron chi connectivity index (χ0n) is 10.4. The molecule has 0 radical (unpaired) electrons. The van der Waals surface area contributed by atoms with E-state index in [9.17, 15) is 4.39 Å². The van der Waals surface area contributed by atoms with Crippen molar-refractivity contribution in [2.24, 2.45) is 0 Å². The number of rotatable bonds is 5. The van der Waals surface area contributed by atoms with Crippen molar-refractivity contribution in [2.75, 3.05) is 14.2 Å². The van der Waals surface area contributed by atoms with Gasteiger partial charge in [0.15, 0.2) is 0 Å². The van der Waals surface area contributed by atoms with E-state index < -0.39 is 0 Å². The van der Waals surface area contributed by atoms with Crippen molar-refractivity contribution in [3.05, 3.63) is 35.6 Å². The molecule has 0 aliphatic heterocycles. The largest absolute Gasteiger partial charge is 0.377 e. The molecule has 0 fully saturated rings. The third-order valence-electron chi connectivity index (χ3n) is 3.27. The van der Waals surface area contributed by atoms with Crippen LogP contribution in [0.5, 0.6) is 0 Å². The Morgan fingerprint density at radius 3 is 2.31 bits per heavy atom. The Balaban J connectivity index is 3.02. The zero-order valence-corrected chi connectivity index (χ0v) is 10.4. The summed E-state index contributed by atoms with van der Waals surface area (Å²) in [5.41, 5.74) is 0.752. The van der Waals surface area contributed by atoms with Crippen LogP contribution in [0.15, 0.2) is 24.3 Å². The molecule has 1 aromatic carbocycles. The monoisotopic (exact) mass is 225 g/mol. The van der Waals surface area contributed by atoms with Gasteiger partial charge in [-0.1, -0.05) is 19.1 Å². The van der Waals surface area contributed by atoms with Crippen LogP contribution in [0.25, 0.3) is 0 Å². The van der Waals surface area contributed by atoms with Gasteiger partial charge in [0, 0.05) is 7.11 Å². The number of nitrogens with one attached hydrogen (secondary N) is 1. The summed E-state index contributed by atoms with van der Waals surface area (Å²) in [7, 11) is 3.60. The molecule has 0 saturated heterocycles. The standard InChI is InChI=1S/C13H20FNO/c1-5-13(2,16-4)12(15-3)10-6-8-11(14)9-7-10/h6-9,12,15H,5H2,1-4H3. The van der Waals surface area contributed by atoms with Crippen LogP contribution in [0, 0.1) is 5.82 Å². The first kappa shape index (κ1) is 13.1. The highest BCUT2D eigenvalue weighted by atomic mass is 19.1. The molecular formula is C13H20FNO. The maximum atomic E-state index is 12.9. The third kappa shape index (κ3) is 2.60. The van der Waals surface area contributed by atoms with E-state index >= 15 is 0 Å². The van der Waals surface area contributed by atoms with E-state index in [2.05, 4.69) is 19.2 Å². The fourth-order valence-corrected chi connectivity index (χ4v) is 1.95. The predicted octanol–water partition coefficient (Wildman–Crippen LogP) is 2.90. The van der Waals surface area contributed by atoms with Gasteiger partial charge < -0.3 is 10.1 Å². The highest BCUT2D eigenvalue weighted by Gasteiger charge is 2.32. The summed E-state index contributed by atoms with van der Waals surface area (Å²) in [6, 6.07) is 6.60. The Morgan fingerprint density at radius 2 is 1.94 bits per heavy atom. The summed E-state index contributed by atoms with van der Waals surface area (Å²) in [5.74, 6) is -0.214. The molecule has 0 aliphatic carbocycles. The highest BCUT2D eigenvalue weighted by molar-refractivity contribution is 5.22. The molecule has 0 spiro atoms. The minimum absolute atomic E-state index is 0.0584. The maximum Gasteiger partial charge on any atom is 0.123 e. The van der Waals surface area contributed by atoms with Crippen molar-refractivity contribution in [3.63, 3.8) is 0 Å². The SMILES string of the molecule is CCC(C)(OC)C(NC)c1ccc(F)cc1. The number of hydrogen-bond acceptors (Lipinski definition) is 2. The topological polar surface area (TPSA) is 21.3 Å². The van der Waals surface area contributed by atoms with Crippen LogP contribution in [0.3, 0.4) is 0 Å². The molecule has 2 nitrogen and oxygen atoms in total. The van der Waals surface area contributed by atoms with Gasteiger partial charge in [-0.05, 0) is 38.1 Å². The first-order valence-electron chi connectivity index (χ1n) is 5.55. The zero-order chi connectivity index (χ0) is 12.2. The van der Waals surface area contributed by atoms with Gasteiger partial charge in [0.05, 0.1) is 11.6 Å². The van der Waals surface area contributed by atoms with Crippen molar-refractivity contribution in [2.45, 2.75) is 31.9 Å². The van der Waals surface area contributed by atoms with Gasteiger partial charge in [-0.2, -0.15) is 0 Å². The van der Waals surface area contributed by atoms with Crippen LogP contribution < -0.4 is 5.32 Å². The minimum atomic E-state index is -0.285. The van der Waals surface area contributed by atoms with Gasteiger partial charge in [-0.15, -0.1) is 0 Å². The van der Waals surface area contributed by atoms with Crippen LogP contribution in [-0.4, -0.2) is 19.8 Å². The van der Waals surface area contributed by atoms with E-state index in [1.165, 1.54) is 12.1 Å². The number of benzene rings is 1. The predicted molar refractivity (Wildman–Crippen MR) is 63.9 cm³/mol. The molecule has 16 heavy (non-hydrogen) atoms. The lowest BCUT2D eigenvalue weighted by molar-refractivity contribution is -0.0280. The molecule has 2 atom stereocenters. The second-order valence-corrected chi connectivity index (χ2v) is 4.14. The molecular weight excluding hydrogens is 205 g/mol. The third-order valence-corrected chi connectivity index (χ3v) is 3.27. The van der Waals surface area contributed by atoms with Crippen LogP contribution in [0.4, 0.5) is 4.39 Å². The van der Waals surface area contributed by atoms with Gasteiger partial charge in [0.2, 0.25) is 0 Å². The van der Waals surface area contributed by atoms with Crippen molar-refractivity contribution >= 4 is 0 Å². The quantitative estimate of drug-likeness (QED) is 0.832. The second-order valence-electron chi connectivity index (χ2n) is 4.14. The van der Waals surface area contributed by atoms with E-state index in [0.29, 0.717) is 0 Å². The van der Waals surface area contributed by atoms with Gasteiger partial charge in [0.1, 0.15) is 5.82 Å². The molecule has 0 aliphatic rings. The van der Waals surface area contributed by atoms with Crippen molar-refractivity contribution in [1.29, 1.82) is 0 Å². The van der Waals surface area contributed by atoms with E-state index in [1.807, 2.05) is 7.05 Å². The molecule has 0 aromatic heterocycles. The lowest BCUT2D eigenvalue weighted by Gasteiger charge is -2.36. The molecule has 0 amide bonds. The van der Waals surface area contributed by atoms with Crippen LogP contribution in [0.1, 0.15) is 31.9 Å². The summed E-state index contributed by atoms with van der Waals surface area (Å²) in [4.78, 5) is 0. The molecule has 0 saturated carbocycles. The number of hydrogen-bond donors (Lipinski definition) is 1. The maximum absolute atomic E-state index is 12.9. The molecule has 1 rings (SSSR count). The normalized spacial score (nSPS) is 16.8. The Labute approximate surface area is 96.8 Å². The molecule has 1 aromatic rings. The first-order chi connectivity index (χ1) is 7.57. The second kappa shape index (κ2) is 5.41. The fraction of sp³-hybridized carbons (Fsp3) is 0.538. The number of ether oxygens (including phenoxy) is 1. The summed E-state index contributed by atoms with van der Waals surface area (Å²) < 4.78 is 18.4. The molecule has 90 valence electrons. The first-order valence-corrected chi connectivity index (χ1v) is 5.55. The summed E-state index contributed by atoms with van der Waals surface area (Å²) in [5, 5.41) is 3.23. The number of halogens is 1. The Hall–Kier alpha value is -0.930. The lowest BCUT2D eigenvalue weighted by Crippen LogP contribution is -2.41. The number of methoxy groups -OCH3 is 1. The molecule has 2 unspecified atom stereocenters. The van der Waals surface area contributed by atoms with Crippen molar-refractivity contribution < 1.29 is 9.13 Å². The van der Waals surface area contributed by atoms with Gasteiger partial charge in [0.25, 0.3) is 0 Å². The van der Waals surface area contributed by atoms with E-state index in [0.717, 1.165) is 12.0 Å². The lowest BCUT2D eigenvalue weighted by atomic mass is 9.88. The van der Waals surface area contributed by atoms with E-state index in [1.54, 1.807) is 19.2 Å². The molecule has 0 heterocycles. The van der Waals surface area contributed by atoms with Crippen LogP contribution >= 0.6 is 0 Å². The van der Waals surface area contributed by atoms with Gasteiger partial charge in [-0.25, -0.2) is 4.39 Å². The summed E-state index contributed by atoms with van der Waals surface area (Å²) in [6.07, 6.45) is 0.881. The Bertz CT molecular complexity index is 319. The summed E-state index contributed by atoms with van der Waals surface area (Å²) in [6.45, 7) is 4.13. The van der Waals surface area contributed by atoms with Crippen molar-refractivity contribution in [3.8, 4) is 0 Å². The van der Waals surface area contributed by atoms with Crippen LogP contribution in [0.2, 0.25) is 0 Å². The van der Waals surface area contributed by atoms with E-state index in [-0.39, 0.29) is 17.5 Å². The minimum Gasteiger partial charge on any atom is -0.377 e. The van der Waals surface area contributed by atoms with Gasteiger partial charge in [-0.3, -0.25) is 0 Å². The Kier molecular flexibility index (Phi) is 4.44. The van der Waals surface area contributed by atoms with E-state index in [4.69, 9.17) is 4.74 Å². The summed E-state index contributed by atoms with van der Waals surface area (Å²) >= 11 is 0. The highest BCUT2D eigenvalue weighted by Crippen LogP contribution is 2.31. The molecule has 1 N–H and O–H groups in total. The van der Waals surface area contributed by atoms with Gasteiger partial charge >= 0.3 is 0 Å². The van der Waals surface area contributed by atoms with Crippen LogP contribution in [-0.2, 0) is 4.74 Å². The average Bonchev–Trinajstić information content (AvgIpc) is 2.32. The average molecular weight is 225 g/mol.